The van der Waals surface area contributed by atoms with Crippen molar-refractivity contribution >= 4 is 11.8 Å². The van der Waals surface area contributed by atoms with Gasteiger partial charge in [-0.25, -0.2) is 0 Å². The summed E-state index contributed by atoms with van der Waals surface area (Å²) in [6, 6.07) is 2.72. The highest BCUT2D eigenvalue weighted by Gasteiger charge is 2.24. The van der Waals surface area contributed by atoms with E-state index in [2.05, 4.69) is 35.2 Å². The lowest BCUT2D eigenvalue weighted by molar-refractivity contribution is 0.467. The number of rotatable bonds is 5. The van der Waals surface area contributed by atoms with Crippen LogP contribution in [0, 0.1) is 0 Å². The zero-order valence-electron chi connectivity index (χ0n) is 10.9. The number of likely N-dealkylation sites (N-methyl/N-ethyl adjacent to an activating group) is 1. The van der Waals surface area contributed by atoms with Gasteiger partial charge in [-0.15, -0.1) is 0 Å². The smallest absolute Gasteiger partial charge is 0.0640 e. The summed E-state index contributed by atoms with van der Waals surface area (Å²) in [6.07, 6.45) is 7.24. The van der Waals surface area contributed by atoms with Crippen molar-refractivity contribution in [3.05, 3.63) is 18.0 Å². The van der Waals surface area contributed by atoms with Crippen molar-refractivity contribution < 1.29 is 0 Å². The Morgan fingerprint density at radius 3 is 3.06 bits per heavy atom. The lowest BCUT2D eigenvalue weighted by atomic mass is 10.0. The highest BCUT2D eigenvalue weighted by atomic mass is 32.2. The van der Waals surface area contributed by atoms with E-state index in [4.69, 9.17) is 0 Å². The molecule has 0 bridgehead atoms. The van der Waals surface area contributed by atoms with Crippen LogP contribution in [0.3, 0.4) is 0 Å². The summed E-state index contributed by atoms with van der Waals surface area (Å²) in [5.74, 6) is 1.33. The van der Waals surface area contributed by atoms with Gasteiger partial charge in [0.1, 0.15) is 0 Å². The van der Waals surface area contributed by atoms with Crippen LogP contribution < -0.4 is 5.32 Å². The molecule has 1 aliphatic rings. The van der Waals surface area contributed by atoms with Crippen LogP contribution in [-0.4, -0.2) is 33.4 Å². The molecular formula is C13H23N3S. The summed E-state index contributed by atoms with van der Waals surface area (Å²) in [5, 5.41) is 8.90. The van der Waals surface area contributed by atoms with Crippen molar-refractivity contribution in [2.24, 2.45) is 7.05 Å². The number of hydrogen-bond donors (Lipinski definition) is 1. The Labute approximate surface area is 108 Å². The van der Waals surface area contributed by atoms with Gasteiger partial charge >= 0.3 is 0 Å². The molecule has 2 heterocycles. The largest absolute Gasteiger partial charge is 0.313 e. The van der Waals surface area contributed by atoms with E-state index in [0.29, 0.717) is 6.04 Å². The van der Waals surface area contributed by atoms with Crippen molar-refractivity contribution in [1.29, 1.82) is 0 Å². The molecule has 4 heteroatoms. The molecule has 2 unspecified atom stereocenters. The van der Waals surface area contributed by atoms with Crippen molar-refractivity contribution in [1.82, 2.24) is 15.1 Å². The Bertz CT molecular complexity index is 331. The zero-order chi connectivity index (χ0) is 12.1. The Hall–Kier alpha value is -0.480. The van der Waals surface area contributed by atoms with Crippen LogP contribution >= 0.6 is 11.8 Å². The molecule has 0 aromatic carbocycles. The SMILES string of the molecule is CCNC(Cc1ccn(C)n1)C1CCCCS1. The van der Waals surface area contributed by atoms with Crippen LogP contribution in [0.25, 0.3) is 0 Å². The molecule has 0 spiro atoms. The molecule has 0 aliphatic carbocycles. The number of aryl methyl sites for hydroxylation is 1. The minimum Gasteiger partial charge on any atom is -0.313 e. The third-order valence-electron chi connectivity index (χ3n) is 3.33. The van der Waals surface area contributed by atoms with Gasteiger partial charge in [0.05, 0.1) is 5.69 Å². The molecule has 1 N–H and O–H groups in total. The molecule has 2 atom stereocenters. The highest BCUT2D eigenvalue weighted by Crippen LogP contribution is 2.28. The summed E-state index contributed by atoms with van der Waals surface area (Å²) in [5.41, 5.74) is 1.21. The minimum absolute atomic E-state index is 0.584. The zero-order valence-corrected chi connectivity index (χ0v) is 11.7. The van der Waals surface area contributed by atoms with E-state index in [1.807, 2.05) is 17.9 Å². The summed E-state index contributed by atoms with van der Waals surface area (Å²) in [4.78, 5) is 0. The first-order chi connectivity index (χ1) is 8.29. The maximum Gasteiger partial charge on any atom is 0.0640 e. The number of nitrogens with one attached hydrogen (secondary N) is 1. The first-order valence-corrected chi connectivity index (χ1v) is 7.68. The second kappa shape index (κ2) is 6.45. The Balaban J connectivity index is 1.95. The van der Waals surface area contributed by atoms with E-state index in [1.165, 1.54) is 30.7 Å². The van der Waals surface area contributed by atoms with Gasteiger partial charge in [-0.1, -0.05) is 13.3 Å². The molecule has 1 saturated heterocycles. The van der Waals surface area contributed by atoms with Crippen molar-refractivity contribution in [3.63, 3.8) is 0 Å². The van der Waals surface area contributed by atoms with E-state index in [-0.39, 0.29) is 0 Å². The predicted octanol–water partition coefficient (Wildman–Crippen LogP) is 2.23. The summed E-state index contributed by atoms with van der Waals surface area (Å²) in [6.45, 7) is 3.24. The van der Waals surface area contributed by atoms with Crippen molar-refractivity contribution in [2.45, 2.75) is 43.9 Å². The fourth-order valence-electron chi connectivity index (χ4n) is 2.48. The van der Waals surface area contributed by atoms with Crippen molar-refractivity contribution in [2.75, 3.05) is 12.3 Å². The number of hydrogen-bond acceptors (Lipinski definition) is 3. The molecule has 3 nitrogen and oxygen atoms in total. The van der Waals surface area contributed by atoms with Crippen LogP contribution in [0.2, 0.25) is 0 Å². The summed E-state index contributed by atoms with van der Waals surface area (Å²) in [7, 11) is 1.99. The summed E-state index contributed by atoms with van der Waals surface area (Å²) < 4.78 is 1.90. The van der Waals surface area contributed by atoms with Gasteiger partial charge in [0.15, 0.2) is 0 Å². The average molecular weight is 253 g/mol. The molecule has 1 aromatic heterocycles. The van der Waals surface area contributed by atoms with Crippen LogP contribution in [0.4, 0.5) is 0 Å². The number of nitrogens with zero attached hydrogens (tertiary/aromatic N) is 2. The second-order valence-electron chi connectivity index (χ2n) is 4.75. The molecule has 1 fully saturated rings. The summed E-state index contributed by atoms with van der Waals surface area (Å²) >= 11 is 2.14. The monoisotopic (exact) mass is 253 g/mol. The van der Waals surface area contributed by atoms with Crippen molar-refractivity contribution in [3.8, 4) is 0 Å². The van der Waals surface area contributed by atoms with Gasteiger partial charge in [-0.2, -0.15) is 16.9 Å². The van der Waals surface area contributed by atoms with E-state index < -0.39 is 0 Å². The predicted molar refractivity (Wildman–Crippen MR) is 74.5 cm³/mol. The normalized spacial score (nSPS) is 22.6. The van der Waals surface area contributed by atoms with Gasteiger partial charge in [0, 0.05) is 31.0 Å². The lowest BCUT2D eigenvalue weighted by Crippen LogP contribution is -2.41. The van der Waals surface area contributed by atoms with Gasteiger partial charge in [0.25, 0.3) is 0 Å². The Kier molecular flexibility index (Phi) is 4.92. The molecule has 0 amide bonds. The molecule has 1 aromatic rings. The quantitative estimate of drug-likeness (QED) is 0.872. The molecule has 17 heavy (non-hydrogen) atoms. The molecule has 96 valence electrons. The van der Waals surface area contributed by atoms with Gasteiger partial charge in [0.2, 0.25) is 0 Å². The van der Waals surface area contributed by atoms with E-state index in [9.17, 15) is 0 Å². The maximum absolute atomic E-state index is 4.49. The Morgan fingerprint density at radius 1 is 1.59 bits per heavy atom. The fourth-order valence-corrected chi connectivity index (χ4v) is 3.91. The van der Waals surface area contributed by atoms with Crippen LogP contribution in [-0.2, 0) is 13.5 Å². The molecule has 0 saturated carbocycles. The number of aromatic nitrogens is 2. The third-order valence-corrected chi connectivity index (χ3v) is 4.84. The van der Waals surface area contributed by atoms with Gasteiger partial charge < -0.3 is 5.32 Å². The lowest BCUT2D eigenvalue weighted by Gasteiger charge is -2.30. The third kappa shape index (κ3) is 3.75. The standard InChI is InChI=1S/C13H23N3S/c1-3-14-12(13-6-4-5-9-17-13)10-11-7-8-16(2)15-11/h7-8,12-14H,3-6,9-10H2,1-2H3. The second-order valence-corrected chi connectivity index (χ2v) is 6.10. The Morgan fingerprint density at radius 2 is 2.47 bits per heavy atom. The molecule has 1 aliphatic heterocycles. The van der Waals surface area contributed by atoms with E-state index in [1.54, 1.807) is 0 Å². The van der Waals surface area contributed by atoms with Crippen LogP contribution in [0.1, 0.15) is 31.9 Å². The van der Waals surface area contributed by atoms with E-state index >= 15 is 0 Å². The topological polar surface area (TPSA) is 29.9 Å². The first kappa shape index (κ1) is 13.0. The molecule has 0 radical (unpaired) electrons. The van der Waals surface area contributed by atoms with Gasteiger partial charge in [-0.05, 0) is 31.2 Å². The van der Waals surface area contributed by atoms with Crippen LogP contribution in [0.5, 0.6) is 0 Å². The maximum atomic E-state index is 4.49. The minimum atomic E-state index is 0.584. The average Bonchev–Trinajstić information content (AvgIpc) is 2.75. The fraction of sp³-hybridized carbons (Fsp3) is 0.769. The van der Waals surface area contributed by atoms with E-state index in [0.717, 1.165) is 18.2 Å². The van der Waals surface area contributed by atoms with Crippen LogP contribution in [0.15, 0.2) is 12.3 Å². The first-order valence-electron chi connectivity index (χ1n) is 6.63. The molecule has 2 rings (SSSR count). The number of thioether (sulfide) groups is 1. The molecular weight excluding hydrogens is 230 g/mol. The van der Waals surface area contributed by atoms with Gasteiger partial charge in [-0.3, -0.25) is 4.68 Å². The highest BCUT2D eigenvalue weighted by molar-refractivity contribution is 8.00.